The van der Waals surface area contributed by atoms with Gasteiger partial charge in [0.1, 0.15) is 5.69 Å². The van der Waals surface area contributed by atoms with Gasteiger partial charge in [0.05, 0.1) is 21.7 Å². The summed E-state index contributed by atoms with van der Waals surface area (Å²) in [5, 5.41) is 7.37. The van der Waals surface area contributed by atoms with Crippen molar-refractivity contribution >= 4 is 34.1 Å². The Hall–Kier alpha value is -4.17. The number of hydrogen-bond acceptors (Lipinski definition) is 4. The number of thiophene rings is 1. The summed E-state index contributed by atoms with van der Waals surface area (Å²) in [6, 6.07) is 21.0. The molecule has 0 saturated carbocycles. The first kappa shape index (κ1) is 19.8. The summed E-state index contributed by atoms with van der Waals surface area (Å²) < 4.78 is 3.54. The van der Waals surface area contributed by atoms with Crippen LogP contribution >= 0.6 is 11.3 Å². The summed E-state index contributed by atoms with van der Waals surface area (Å²) >= 11 is 1.50. The minimum atomic E-state index is -0.441. The fourth-order valence-electron chi connectivity index (χ4n) is 3.62. The van der Waals surface area contributed by atoms with Gasteiger partial charge in [0.15, 0.2) is 0 Å². The predicted octanol–water partition coefficient (Wildman–Crippen LogP) is 4.17. The third kappa shape index (κ3) is 3.57. The lowest BCUT2D eigenvalue weighted by molar-refractivity contribution is 0.0848. The molecule has 0 atom stereocenters. The van der Waals surface area contributed by atoms with E-state index < -0.39 is 5.91 Å². The van der Waals surface area contributed by atoms with Gasteiger partial charge in [-0.3, -0.25) is 20.4 Å². The molecule has 2 amide bonds. The van der Waals surface area contributed by atoms with Crippen LogP contribution in [0.25, 0.3) is 27.2 Å². The highest BCUT2D eigenvalue weighted by Gasteiger charge is 2.21. The van der Waals surface area contributed by atoms with Crippen LogP contribution in [-0.4, -0.2) is 26.2 Å². The average Bonchev–Trinajstić information content (AvgIpc) is 3.57. The zero-order chi connectivity index (χ0) is 22.1. The van der Waals surface area contributed by atoms with E-state index in [0.717, 1.165) is 21.5 Å². The number of benzene rings is 2. The number of carbonyl (C=O) groups excluding carboxylic acids is 2. The van der Waals surface area contributed by atoms with Crippen molar-refractivity contribution in [3.63, 3.8) is 0 Å². The minimum absolute atomic E-state index is 0.370. The van der Waals surface area contributed by atoms with Crippen LogP contribution in [-0.2, 0) is 7.05 Å². The maximum absolute atomic E-state index is 13.0. The molecule has 8 heteroatoms. The van der Waals surface area contributed by atoms with Gasteiger partial charge in [-0.05, 0) is 29.6 Å². The molecule has 0 saturated heterocycles. The first-order valence-corrected chi connectivity index (χ1v) is 10.8. The molecule has 32 heavy (non-hydrogen) atoms. The summed E-state index contributed by atoms with van der Waals surface area (Å²) in [4.78, 5) is 26.7. The van der Waals surface area contributed by atoms with E-state index >= 15 is 0 Å². The molecule has 3 aromatic heterocycles. The van der Waals surface area contributed by atoms with Crippen LogP contribution in [0.3, 0.4) is 0 Å². The molecule has 5 rings (SSSR count). The lowest BCUT2D eigenvalue weighted by Crippen LogP contribution is -2.41. The van der Waals surface area contributed by atoms with E-state index in [1.165, 1.54) is 11.3 Å². The molecule has 7 nitrogen and oxygen atoms in total. The molecule has 0 aliphatic heterocycles. The van der Waals surface area contributed by atoms with Crippen LogP contribution in [0.1, 0.15) is 20.7 Å². The maximum atomic E-state index is 13.0. The van der Waals surface area contributed by atoms with Crippen molar-refractivity contribution in [2.45, 2.75) is 0 Å². The Kier molecular flexibility index (Phi) is 5.04. The van der Waals surface area contributed by atoms with Crippen molar-refractivity contribution < 1.29 is 9.59 Å². The number of nitrogens with one attached hydrogen (secondary N) is 2. The van der Waals surface area contributed by atoms with Crippen molar-refractivity contribution in [2.75, 3.05) is 0 Å². The van der Waals surface area contributed by atoms with Gasteiger partial charge in [-0.15, -0.1) is 11.3 Å². The van der Waals surface area contributed by atoms with E-state index in [0.29, 0.717) is 16.8 Å². The third-order valence-corrected chi connectivity index (χ3v) is 6.04. The zero-order valence-corrected chi connectivity index (χ0v) is 18.0. The monoisotopic (exact) mass is 441 g/mol. The normalized spacial score (nSPS) is 10.9. The molecule has 3 heterocycles. The number of hydrogen-bond donors (Lipinski definition) is 2. The van der Waals surface area contributed by atoms with Crippen LogP contribution in [0.15, 0.2) is 84.5 Å². The van der Waals surface area contributed by atoms with Gasteiger partial charge >= 0.3 is 0 Å². The molecular formula is C24H19N5O2S. The molecule has 2 N–H and O–H groups in total. The number of nitrogens with zero attached hydrogens (tertiary/aromatic N) is 3. The SMILES string of the molecule is Cn1cc(C(=O)NNC(=O)c2cn(-c3ccccc3)nc2-c2cccs2)c2ccccc21. The zero-order valence-electron chi connectivity index (χ0n) is 17.1. The van der Waals surface area contributed by atoms with Gasteiger partial charge in [0.2, 0.25) is 0 Å². The summed E-state index contributed by atoms with van der Waals surface area (Å²) in [7, 11) is 1.88. The van der Waals surface area contributed by atoms with Crippen molar-refractivity contribution in [2.24, 2.45) is 7.05 Å². The van der Waals surface area contributed by atoms with Crippen LogP contribution in [0.4, 0.5) is 0 Å². The molecule has 2 aromatic carbocycles. The Labute approximate surface area is 187 Å². The van der Waals surface area contributed by atoms with Crippen LogP contribution < -0.4 is 10.9 Å². The molecule has 158 valence electrons. The van der Waals surface area contributed by atoms with Crippen molar-refractivity contribution in [1.29, 1.82) is 0 Å². The van der Waals surface area contributed by atoms with E-state index in [1.807, 2.05) is 83.7 Å². The molecule has 0 aliphatic rings. The molecule has 0 bridgehead atoms. The van der Waals surface area contributed by atoms with Gasteiger partial charge in [-0.1, -0.05) is 42.5 Å². The largest absolute Gasteiger partial charge is 0.350 e. The summed E-state index contributed by atoms with van der Waals surface area (Å²) in [6.45, 7) is 0. The highest BCUT2D eigenvalue weighted by Crippen LogP contribution is 2.27. The predicted molar refractivity (Wildman–Crippen MR) is 125 cm³/mol. The highest BCUT2D eigenvalue weighted by atomic mass is 32.1. The topological polar surface area (TPSA) is 81.0 Å². The van der Waals surface area contributed by atoms with E-state index in [1.54, 1.807) is 17.1 Å². The Morgan fingerprint density at radius 1 is 0.844 bits per heavy atom. The number of rotatable bonds is 4. The second-order valence-electron chi connectivity index (χ2n) is 7.23. The molecule has 0 fully saturated rings. The Morgan fingerprint density at radius 3 is 2.31 bits per heavy atom. The summed E-state index contributed by atoms with van der Waals surface area (Å²) in [5.74, 6) is -0.826. The second-order valence-corrected chi connectivity index (χ2v) is 8.18. The van der Waals surface area contributed by atoms with Gasteiger partial charge in [-0.2, -0.15) is 5.10 Å². The Bertz CT molecular complexity index is 1420. The molecule has 0 radical (unpaired) electrons. The number of aromatic nitrogens is 3. The first-order valence-electron chi connectivity index (χ1n) is 9.95. The van der Waals surface area contributed by atoms with Gasteiger partial charge in [-0.25, -0.2) is 4.68 Å². The maximum Gasteiger partial charge on any atom is 0.273 e. The molecule has 0 spiro atoms. The summed E-state index contributed by atoms with van der Waals surface area (Å²) in [5.41, 5.74) is 8.27. The number of aryl methyl sites for hydroxylation is 1. The van der Waals surface area contributed by atoms with Crippen molar-refractivity contribution in [3.8, 4) is 16.3 Å². The Morgan fingerprint density at radius 2 is 1.56 bits per heavy atom. The van der Waals surface area contributed by atoms with Gasteiger partial charge in [0.25, 0.3) is 11.8 Å². The first-order chi connectivity index (χ1) is 15.6. The van der Waals surface area contributed by atoms with E-state index in [2.05, 4.69) is 16.0 Å². The molecule has 0 unspecified atom stereocenters. The molecule has 0 aliphatic carbocycles. The standard InChI is InChI=1S/C24H19N5O2S/c1-28-14-18(17-10-5-6-11-20(17)28)23(30)25-26-24(31)19-15-29(16-8-3-2-4-9-16)27-22(19)21-12-7-13-32-21/h2-15H,1H3,(H,25,30)(H,26,31). The quantitative estimate of drug-likeness (QED) is 0.411. The van der Waals surface area contributed by atoms with Crippen molar-refractivity contribution in [1.82, 2.24) is 25.2 Å². The molecule has 5 aromatic rings. The number of amides is 2. The lowest BCUT2D eigenvalue weighted by Gasteiger charge is -2.06. The fraction of sp³-hybridized carbons (Fsp3) is 0.0417. The molecular weight excluding hydrogens is 422 g/mol. The smallest absolute Gasteiger partial charge is 0.273 e. The number of carbonyl (C=O) groups is 2. The lowest BCUT2D eigenvalue weighted by atomic mass is 10.2. The number of fused-ring (bicyclic) bond motifs is 1. The van der Waals surface area contributed by atoms with E-state index in [9.17, 15) is 9.59 Å². The Balaban J connectivity index is 1.41. The van der Waals surface area contributed by atoms with Crippen LogP contribution in [0.5, 0.6) is 0 Å². The van der Waals surface area contributed by atoms with E-state index in [-0.39, 0.29) is 5.91 Å². The second kappa shape index (κ2) is 8.16. The highest BCUT2D eigenvalue weighted by molar-refractivity contribution is 7.13. The number of hydrazine groups is 1. The average molecular weight is 442 g/mol. The van der Waals surface area contributed by atoms with Gasteiger partial charge < -0.3 is 4.57 Å². The van der Waals surface area contributed by atoms with E-state index in [4.69, 9.17) is 0 Å². The van der Waals surface area contributed by atoms with Crippen molar-refractivity contribution in [3.05, 3.63) is 95.6 Å². The summed E-state index contributed by atoms with van der Waals surface area (Å²) in [6.07, 6.45) is 3.42. The van der Waals surface area contributed by atoms with Crippen LogP contribution in [0.2, 0.25) is 0 Å². The minimum Gasteiger partial charge on any atom is -0.350 e. The van der Waals surface area contributed by atoms with Crippen LogP contribution in [0, 0.1) is 0 Å². The third-order valence-electron chi connectivity index (χ3n) is 5.17. The fourth-order valence-corrected chi connectivity index (χ4v) is 4.34. The van der Waals surface area contributed by atoms with Gasteiger partial charge in [0, 0.05) is 30.3 Å². The number of para-hydroxylation sites is 2.